The number of halogens is 6. The Morgan fingerprint density at radius 2 is 1.51 bits per heavy atom. The lowest BCUT2D eigenvalue weighted by molar-refractivity contribution is -0.193. The maximum Gasteiger partial charge on any atom is 0.490 e. The van der Waals surface area contributed by atoms with Crippen molar-refractivity contribution < 1.29 is 65.7 Å². The van der Waals surface area contributed by atoms with Crippen LogP contribution >= 0.6 is 0 Å². The van der Waals surface area contributed by atoms with Gasteiger partial charge in [0.05, 0.1) is 11.6 Å². The molecule has 2 atom stereocenters. The molecule has 2 heterocycles. The number of carbonyl (C=O) groups excluding carboxylic acids is 2. The fourth-order valence-corrected chi connectivity index (χ4v) is 3.83. The van der Waals surface area contributed by atoms with E-state index in [0.29, 0.717) is 30.9 Å². The minimum Gasteiger partial charge on any atom is -0.489 e. The van der Waals surface area contributed by atoms with Crippen molar-refractivity contribution in [2.24, 2.45) is 0 Å². The second-order valence-corrected chi connectivity index (χ2v) is 9.14. The van der Waals surface area contributed by atoms with Crippen LogP contribution in [0, 0.1) is 6.92 Å². The number of fused-ring (bicyclic) bond motifs is 1. The molecule has 3 aromatic rings. The van der Waals surface area contributed by atoms with Crippen LogP contribution < -0.4 is 20.9 Å². The molecule has 45 heavy (non-hydrogen) atoms. The Balaban J connectivity index is 0.000000421. The first-order chi connectivity index (χ1) is 20.9. The zero-order valence-corrected chi connectivity index (χ0v) is 23.1. The molecule has 6 N–H and O–H groups in total. The van der Waals surface area contributed by atoms with Crippen LogP contribution in [0.15, 0.2) is 54.6 Å². The molecule has 4 rings (SSSR count). The molecule has 0 saturated carbocycles. The van der Waals surface area contributed by atoms with Crippen LogP contribution in [0.5, 0.6) is 5.75 Å². The molecule has 0 aliphatic carbocycles. The van der Waals surface area contributed by atoms with Gasteiger partial charge in [-0.05, 0) is 56.3 Å². The molecular formula is C27H26F6N4O8. The summed E-state index contributed by atoms with van der Waals surface area (Å²) in [6.45, 7) is 2.93. The van der Waals surface area contributed by atoms with Crippen molar-refractivity contribution in [2.75, 3.05) is 6.54 Å². The summed E-state index contributed by atoms with van der Waals surface area (Å²) < 4.78 is 69.4. The lowest BCUT2D eigenvalue weighted by Gasteiger charge is -2.19. The number of aliphatic carboxylic acids is 2. The van der Waals surface area contributed by atoms with E-state index in [1.807, 2.05) is 37.3 Å². The van der Waals surface area contributed by atoms with Gasteiger partial charge >= 0.3 is 24.3 Å². The summed E-state index contributed by atoms with van der Waals surface area (Å²) in [5.74, 6) is -5.72. The molecule has 2 amide bonds. The fraction of sp³-hybridized carbons (Fsp3) is 0.296. The molecule has 1 aromatic heterocycles. The molecule has 1 aliphatic rings. The highest BCUT2D eigenvalue weighted by molar-refractivity contribution is 5.95. The number of aryl methyl sites for hydroxylation is 1. The highest BCUT2D eigenvalue weighted by Gasteiger charge is 2.39. The monoisotopic (exact) mass is 648 g/mol. The van der Waals surface area contributed by atoms with Crippen LogP contribution in [0.2, 0.25) is 0 Å². The Bertz CT molecular complexity index is 1480. The topological polar surface area (TPSA) is 187 Å². The summed E-state index contributed by atoms with van der Waals surface area (Å²) in [5, 5.41) is 29.9. The van der Waals surface area contributed by atoms with E-state index in [0.717, 1.165) is 22.2 Å². The van der Waals surface area contributed by atoms with Gasteiger partial charge in [-0.25, -0.2) is 15.1 Å². The average Bonchev–Trinajstić information content (AvgIpc) is 3.43. The van der Waals surface area contributed by atoms with Gasteiger partial charge in [0.1, 0.15) is 18.4 Å². The predicted octanol–water partition coefficient (Wildman–Crippen LogP) is 3.35. The summed E-state index contributed by atoms with van der Waals surface area (Å²) in [7, 11) is 0. The molecule has 244 valence electrons. The van der Waals surface area contributed by atoms with Crippen molar-refractivity contribution in [1.29, 1.82) is 0 Å². The third-order valence-electron chi connectivity index (χ3n) is 5.86. The Morgan fingerprint density at radius 1 is 0.956 bits per heavy atom. The number of ether oxygens (including phenoxy) is 1. The van der Waals surface area contributed by atoms with E-state index in [1.54, 1.807) is 29.7 Å². The molecule has 1 saturated heterocycles. The Kier molecular flexibility index (Phi) is 12.6. The van der Waals surface area contributed by atoms with E-state index in [4.69, 9.17) is 29.7 Å². The van der Waals surface area contributed by atoms with Crippen LogP contribution in [0.4, 0.5) is 26.3 Å². The average molecular weight is 649 g/mol. The predicted molar refractivity (Wildman–Crippen MR) is 142 cm³/mol. The molecule has 1 aliphatic heterocycles. The van der Waals surface area contributed by atoms with E-state index in [1.165, 1.54) is 0 Å². The number of hydrogen-bond acceptors (Lipinski definition) is 8. The van der Waals surface area contributed by atoms with Crippen molar-refractivity contribution in [3.8, 4) is 5.75 Å². The normalized spacial score (nSPS) is 15.9. The van der Waals surface area contributed by atoms with Crippen LogP contribution in [0.3, 0.4) is 0 Å². The second-order valence-electron chi connectivity index (χ2n) is 9.14. The molecule has 0 spiro atoms. The second kappa shape index (κ2) is 15.7. The molecule has 0 bridgehead atoms. The van der Waals surface area contributed by atoms with Gasteiger partial charge in [-0.1, -0.05) is 18.2 Å². The summed E-state index contributed by atoms with van der Waals surface area (Å²) >= 11 is 0. The minimum atomic E-state index is -5.08. The van der Waals surface area contributed by atoms with Gasteiger partial charge in [-0.2, -0.15) is 26.3 Å². The zero-order valence-electron chi connectivity index (χ0n) is 23.1. The number of nitrogens with one attached hydrogen (secondary N) is 3. The number of rotatable bonds is 6. The van der Waals surface area contributed by atoms with Gasteiger partial charge in [-0.3, -0.25) is 19.8 Å². The van der Waals surface area contributed by atoms with Crippen LogP contribution in [-0.4, -0.2) is 75.1 Å². The van der Waals surface area contributed by atoms with Crippen LogP contribution in [0.1, 0.15) is 28.0 Å². The lowest BCUT2D eigenvalue weighted by atomic mass is 10.1. The summed E-state index contributed by atoms with van der Waals surface area (Å²) in [4.78, 5) is 46.6. The number of amides is 2. The Hall–Kier alpha value is -4.97. The van der Waals surface area contributed by atoms with Gasteiger partial charge in [0, 0.05) is 22.2 Å². The van der Waals surface area contributed by atoms with Crippen molar-refractivity contribution in [2.45, 2.75) is 44.4 Å². The van der Waals surface area contributed by atoms with Crippen molar-refractivity contribution >= 4 is 34.7 Å². The highest BCUT2D eigenvalue weighted by Crippen LogP contribution is 2.21. The molecule has 0 unspecified atom stereocenters. The van der Waals surface area contributed by atoms with Gasteiger partial charge in [-0.15, -0.1) is 0 Å². The third-order valence-corrected chi connectivity index (χ3v) is 5.86. The number of para-hydroxylation sites is 1. The van der Waals surface area contributed by atoms with Crippen LogP contribution in [0.25, 0.3) is 10.9 Å². The van der Waals surface area contributed by atoms with Gasteiger partial charge < -0.3 is 25.6 Å². The number of nitrogens with zero attached hydrogens (tertiary/aromatic N) is 1. The van der Waals surface area contributed by atoms with E-state index in [-0.39, 0.29) is 5.91 Å². The first kappa shape index (κ1) is 36.2. The van der Waals surface area contributed by atoms with Gasteiger partial charge in [0.15, 0.2) is 0 Å². The Morgan fingerprint density at radius 3 is 2.04 bits per heavy atom. The highest BCUT2D eigenvalue weighted by atomic mass is 19.4. The number of carboxylic acid groups (broad SMARTS) is 2. The summed E-state index contributed by atoms with van der Waals surface area (Å²) in [5.41, 5.74) is 5.00. The number of benzene rings is 2. The van der Waals surface area contributed by atoms with E-state index < -0.39 is 42.3 Å². The van der Waals surface area contributed by atoms with E-state index in [2.05, 4.69) is 15.6 Å². The first-order valence-corrected chi connectivity index (χ1v) is 12.6. The number of hydroxylamine groups is 1. The molecule has 2 aromatic carbocycles. The maximum atomic E-state index is 12.6. The number of hydrogen-bond donors (Lipinski definition) is 6. The largest absolute Gasteiger partial charge is 0.490 e. The fourth-order valence-electron chi connectivity index (χ4n) is 3.83. The number of alkyl halides is 6. The molecule has 18 heteroatoms. The smallest absolute Gasteiger partial charge is 0.489 e. The molecule has 12 nitrogen and oxygen atoms in total. The van der Waals surface area contributed by atoms with Crippen LogP contribution in [-0.2, 0) is 21.0 Å². The number of aromatic nitrogens is 1. The number of carbonyl (C=O) groups is 4. The van der Waals surface area contributed by atoms with Crippen molar-refractivity contribution in [1.82, 2.24) is 21.1 Å². The number of carboxylic acids is 2. The minimum absolute atomic E-state index is 0.285. The zero-order chi connectivity index (χ0) is 33.9. The summed E-state index contributed by atoms with van der Waals surface area (Å²) in [6.07, 6.45) is -9.57. The van der Waals surface area contributed by atoms with E-state index in [9.17, 15) is 35.9 Å². The van der Waals surface area contributed by atoms with Gasteiger partial charge in [0.25, 0.3) is 11.8 Å². The van der Waals surface area contributed by atoms with Gasteiger partial charge in [0.2, 0.25) is 0 Å². The maximum absolute atomic E-state index is 12.6. The molecule has 1 fully saturated rings. The first-order valence-electron chi connectivity index (χ1n) is 12.6. The number of pyridine rings is 1. The van der Waals surface area contributed by atoms with Crippen molar-refractivity contribution in [3.05, 3.63) is 71.4 Å². The molecular weight excluding hydrogens is 622 g/mol. The standard InChI is InChI=1S/C23H24N4O4.2C2HF3O2/c1-14-12-16(18-4-2-3-5-19(18)25-14)13-31-17-8-6-15(7-9-17)22(28)26-20-10-11-24-21(20)23(29)27-30;2*3-2(4,5)1(6)7/h2-9,12,20-21,24,30H,10-11,13H2,1H3,(H,26,28)(H,27,29);2*(H,6,7)/t20-,21+;;/m1../s1. The summed E-state index contributed by atoms with van der Waals surface area (Å²) in [6, 6.07) is 15.8. The SMILES string of the molecule is Cc1cc(COc2ccc(C(=O)N[C@@H]3CCN[C@@H]3C(=O)NO)cc2)c2ccccc2n1.O=C(O)C(F)(F)F.O=C(O)C(F)(F)F. The quantitative estimate of drug-likeness (QED) is 0.132. The third kappa shape index (κ3) is 11.2. The Labute approximate surface area is 250 Å². The molecule has 0 radical (unpaired) electrons. The van der Waals surface area contributed by atoms with Crippen molar-refractivity contribution in [3.63, 3.8) is 0 Å². The van der Waals surface area contributed by atoms with E-state index >= 15 is 0 Å². The lowest BCUT2D eigenvalue weighted by Crippen LogP contribution is -2.51.